The van der Waals surface area contributed by atoms with Gasteiger partial charge in [-0.2, -0.15) is 0 Å². The van der Waals surface area contributed by atoms with Gasteiger partial charge in [0.2, 0.25) is 0 Å². The van der Waals surface area contributed by atoms with Crippen molar-refractivity contribution < 1.29 is 19.1 Å². The summed E-state index contributed by atoms with van der Waals surface area (Å²) in [5.74, 6) is -0.751. The van der Waals surface area contributed by atoms with Gasteiger partial charge in [0.1, 0.15) is 0 Å². The molecule has 1 N–H and O–H groups in total. The molecular formula is C24H23ClN2O4S. The third kappa shape index (κ3) is 5.73. The average molecular weight is 471 g/mol. The van der Waals surface area contributed by atoms with E-state index < -0.39 is 5.97 Å². The van der Waals surface area contributed by atoms with E-state index in [1.165, 1.54) is 11.8 Å². The first-order chi connectivity index (χ1) is 15.6. The van der Waals surface area contributed by atoms with E-state index in [2.05, 4.69) is 10.2 Å². The summed E-state index contributed by atoms with van der Waals surface area (Å²) >= 11 is 7.66. The Labute approximate surface area is 195 Å². The van der Waals surface area contributed by atoms with Crippen LogP contribution in [0.2, 0.25) is 5.02 Å². The van der Waals surface area contributed by atoms with E-state index in [1.54, 1.807) is 0 Å². The van der Waals surface area contributed by atoms with Crippen molar-refractivity contribution in [2.45, 2.75) is 4.90 Å². The number of nitrogens with zero attached hydrogens (tertiary/aromatic N) is 1. The largest absolute Gasteiger partial charge is 0.455 e. The maximum absolute atomic E-state index is 12.2. The molecule has 0 aromatic heterocycles. The summed E-state index contributed by atoms with van der Waals surface area (Å²) in [6, 6.07) is 19.1. The van der Waals surface area contributed by atoms with E-state index in [1.807, 2.05) is 60.7 Å². The van der Waals surface area contributed by atoms with Crippen LogP contribution in [0.3, 0.4) is 0 Å². The first-order valence-electron chi connectivity index (χ1n) is 10.3. The quantitative estimate of drug-likeness (QED) is 0.402. The highest BCUT2D eigenvalue weighted by Gasteiger charge is 2.13. The maximum atomic E-state index is 12.2. The van der Waals surface area contributed by atoms with Crippen LogP contribution >= 0.6 is 23.4 Å². The smallest absolute Gasteiger partial charge is 0.316 e. The summed E-state index contributed by atoms with van der Waals surface area (Å²) in [5, 5.41) is 5.31. The SMILES string of the molecule is O=C(COC(=O)CSc1cccc2cccc(Cl)c12)Nc1ccc(N2CCOCC2)cc1. The predicted molar refractivity (Wildman–Crippen MR) is 129 cm³/mol. The molecule has 0 atom stereocenters. The van der Waals surface area contributed by atoms with Crippen molar-refractivity contribution in [3.63, 3.8) is 0 Å². The van der Waals surface area contributed by atoms with E-state index in [-0.39, 0.29) is 18.3 Å². The molecule has 0 bridgehead atoms. The number of fused-ring (bicyclic) bond motifs is 1. The van der Waals surface area contributed by atoms with Crippen molar-refractivity contribution in [3.05, 3.63) is 65.7 Å². The molecule has 32 heavy (non-hydrogen) atoms. The fourth-order valence-corrected chi connectivity index (χ4v) is 4.72. The van der Waals surface area contributed by atoms with Gasteiger partial charge in [-0.1, -0.05) is 35.9 Å². The summed E-state index contributed by atoms with van der Waals surface area (Å²) in [6.07, 6.45) is 0. The first kappa shape index (κ1) is 22.5. The van der Waals surface area contributed by atoms with Crippen molar-refractivity contribution in [1.82, 2.24) is 0 Å². The minimum atomic E-state index is -0.461. The number of hydrogen-bond acceptors (Lipinski definition) is 6. The number of thioether (sulfide) groups is 1. The van der Waals surface area contributed by atoms with Gasteiger partial charge < -0.3 is 19.7 Å². The third-order valence-electron chi connectivity index (χ3n) is 5.05. The van der Waals surface area contributed by atoms with Crippen molar-refractivity contribution in [1.29, 1.82) is 0 Å². The topological polar surface area (TPSA) is 67.9 Å². The number of carbonyl (C=O) groups excluding carboxylic acids is 2. The van der Waals surface area contributed by atoms with E-state index in [0.29, 0.717) is 10.7 Å². The highest BCUT2D eigenvalue weighted by atomic mass is 35.5. The second kappa shape index (κ2) is 10.7. The highest BCUT2D eigenvalue weighted by molar-refractivity contribution is 8.00. The number of morpholine rings is 1. The Morgan fingerprint density at radius 3 is 2.50 bits per heavy atom. The molecule has 1 fully saturated rings. The lowest BCUT2D eigenvalue weighted by molar-refractivity contribution is -0.144. The number of esters is 1. The van der Waals surface area contributed by atoms with Crippen LogP contribution in [0, 0.1) is 0 Å². The summed E-state index contributed by atoms with van der Waals surface area (Å²) in [5.41, 5.74) is 1.74. The molecule has 3 aromatic carbocycles. The van der Waals surface area contributed by atoms with Crippen LogP contribution < -0.4 is 10.2 Å². The minimum absolute atomic E-state index is 0.0891. The summed E-state index contributed by atoms with van der Waals surface area (Å²) in [4.78, 5) is 27.4. The molecule has 0 aliphatic carbocycles. The Bertz CT molecular complexity index is 1100. The number of hydrogen-bond donors (Lipinski definition) is 1. The summed E-state index contributed by atoms with van der Waals surface area (Å²) < 4.78 is 10.5. The Hall–Kier alpha value is -2.74. The molecule has 4 rings (SSSR count). The molecule has 1 aliphatic heterocycles. The third-order valence-corrected chi connectivity index (χ3v) is 6.40. The number of anilines is 2. The highest BCUT2D eigenvalue weighted by Crippen LogP contribution is 2.33. The number of carbonyl (C=O) groups is 2. The summed E-state index contributed by atoms with van der Waals surface area (Å²) in [6.45, 7) is 2.81. The van der Waals surface area contributed by atoms with Gasteiger partial charge in [0.25, 0.3) is 5.91 Å². The second-order valence-electron chi connectivity index (χ2n) is 7.24. The van der Waals surface area contributed by atoms with Crippen LogP contribution in [-0.2, 0) is 19.1 Å². The zero-order valence-corrected chi connectivity index (χ0v) is 19.0. The number of amides is 1. The predicted octanol–water partition coefficient (Wildman–Crippen LogP) is 4.60. The molecule has 0 spiro atoms. The molecule has 0 saturated carbocycles. The first-order valence-corrected chi connectivity index (χ1v) is 11.6. The normalized spacial score (nSPS) is 13.7. The fourth-order valence-electron chi connectivity index (χ4n) is 3.48. The van der Waals surface area contributed by atoms with Gasteiger partial charge in [0, 0.05) is 39.8 Å². The molecule has 8 heteroatoms. The molecule has 3 aromatic rings. The lowest BCUT2D eigenvalue weighted by Crippen LogP contribution is -2.36. The van der Waals surface area contributed by atoms with Crippen LogP contribution in [0.5, 0.6) is 0 Å². The number of benzene rings is 3. The van der Waals surface area contributed by atoms with Crippen molar-refractivity contribution >= 4 is 57.4 Å². The molecule has 1 aliphatic rings. The molecule has 0 radical (unpaired) electrons. The lowest BCUT2D eigenvalue weighted by atomic mass is 10.1. The van der Waals surface area contributed by atoms with Crippen LogP contribution in [-0.4, -0.2) is 50.5 Å². The van der Waals surface area contributed by atoms with Gasteiger partial charge in [0.05, 0.1) is 19.0 Å². The second-order valence-corrected chi connectivity index (χ2v) is 8.66. The molecule has 166 valence electrons. The molecule has 1 heterocycles. The summed E-state index contributed by atoms with van der Waals surface area (Å²) in [7, 11) is 0. The number of ether oxygens (including phenoxy) is 2. The van der Waals surface area contributed by atoms with Crippen LogP contribution in [0.25, 0.3) is 10.8 Å². The number of nitrogens with one attached hydrogen (secondary N) is 1. The zero-order chi connectivity index (χ0) is 22.3. The molecule has 6 nitrogen and oxygen atoms in total. The molecule has 1 saturated heterocycles. The van der Waals surface area contributed by atoms with Crippen LogP contribution in [0.4, 0.5) is 11.4 Å². The van der Waals surface area contributed by atoms with Gasteiger partial charge in [-0.15, -0.1) is 11.8 Å². The van der Waals surface area contributed by atoms with Gasteiger partial charge in [-0.05, 0) is 41.8 Å². The average Bonchev–Trinajstić information content (AvgIpc) is 2.82. The standard InChI is InChI=1S/C24H23ClN2O4S/c25-20-5-1-3-17-4-2-6-21(24(17)20)32-16-23(29)31-15-22(28)26-18-7-9-19(10-8-18)27-11-13-30-14-12-27/h1-10H,11-16H2,(H,26,28). The Morgan fingerprint density at radius 2 is 1.75 bits per heavy atom. The van der Waals surface area contributed by atoms with Crippen molar-refractivity contribution in [2.75, 3.05) is 48.9 Å². The van der Waals surface area contributed by atoms with Gasteiger partial charge >= 0.3 is 5.97 Å². The van der Waals surface area contributed by atoms with E-state index in [9.17, 15) is 9.59 Å². The fraction of sp³-hybridized carbons (Fsp3) is 0.250. The molecular weight excluding hydrogens is 448 g/mol. The Kier molecular flexibility index (Phi) is 7.52. The van der Waals surface area contributed by atoms with E-state index in [0.717, 1.165) is 47.7 Å². The van der Waals surface area contributed by atoms with Gasteiger partial charge in [0.15, 0.2) is 6.61 Å². The van der Waals surface area contributed by atoms with Gasteiger partial charge in [-0.25, -0.2) is 0 Å². The Morgan fingerprint density at radius 1 is 1.03 bits per heavy atom. The maximum Gasteiger partial charge on any atom is 0.316 e. The zero-order valence-electron chi connectivity index (χ0n) is 17.4. The van der Waals surface area contributed by atoms with Crippen LogP contribution in [0.1, 0.15) is 0 Å². The van der Waals surface area contributed by atoms with E-state index >= 15 is 0 Å². The lowest BCUT2D eigenvalue weighted by Gasteiger charge is -2.28. The van der Waals surface area contributed by atoms with Gasteiger partial charge in [-0.3, -0.25) is 9.59 Å². The monoisotopic (exact) mass is 470 g/mol. The number of rotatable bonds is 7. The molecule has 1 amide bonds. The Balaban J connectivity index is 1.24. The van der Waals surface area contributed by atoms with Crippen molar-refractivity contribution in [2.24, 2.45) is 0 Å². The minimum Gasteiger partial charge on any atom is -0.455 e. The van der Waals surface area contributed by atoms with E-state index in [4.69, 9.17) is 21.1 Å². The van der Waals surface area contributed by atoms with Crippen molar-refractivity contribution in [3.8, 4) is 0 Å². The molecule has 0 unspecified atom stereocenters. The number of halogens is 1. The van der Waals surface area contributed by atoms with Crippen LogP contribution in [0.15, 0.2) is 65.6 Å².